The molecule has 0 aromatic heterocycles. The van der Waals surface area contributed by atoms with E-state index in [2.05, 4.69) is 73.5 Å². The molecule has 1 aromatic rings. The lowest BCUT2D eigenvalue weighted by atomic mass is 9.83. The normalized spacial score (nSPS) is 21.1. The molecule has 4 rings (SSSR count). The number of likely N-dealkylation sites (tertiary alicyclic amines) is 1. The molecule has 0 atom stereocenters. The Hall–Kier alpha value is -1.41. The number of halogens is 1. The second-order valence-electron chi connectivity index (χ2n) is 10.3. The van der Waals surface area contributed by atoms with Crippen LogP contribution in [0.25, 0.3) is 0 Å². The van der Waals surface area contributed by atoms with E-state index in [0.717, 1.165) is 64.1 Å². The van der Waals surface area contributed by atoms with Crippen LogP contribution in [0.4, 0.5) is 4.79 Å². The summed E-state index contributed by atoms with van der Waals surface area (Å²) < 4.78 is 1.28. The monoisotopic (exact) mass is 576 g/mol. The van der Waals surface area contributed by atoms with Crippen LogP contribution >= 0.6 is 22.6 Å². The average Bonchev–Trinajstić information content (AvgIpc) is 3.09. The summed E-state index contributed by atoms with van der Waals surface area (Å²) in [5.74, 6) is 0.977. The van der Waals surface area contributed by atoms with E-state index in [4.69, 9.17) is 0 Å². The maximum Gasteiger partial charge on any atom is 0.346 e. The van der Waals surface area contributed by atoms with E-state index in [1.54, 1.807) is 0 Å². The molecule has 2 heterocycles. The first kappa shape index (κ1) is 25.7. The van der Waals surface area contributed by atoms with Crippen LogP contribution in [0.15, 0.2) is 41.9 Å². The molecule has 1 spiro atoms. The van der Waals surface area contributed by atoms with Crippen LogP contribution < -0.4 is 5.32 Å². The molecule has 5 nitrogen and oxygen atoms in total. The zero-order chi connectivity index (χ0) is 23.8. The van der Waals surface area contributed by atoms with Crippen LogP contribution in [0.5, 0.6) is 0 Å². The first-order chi connectivity index (χ1) is 16.6. The summed E-state index contributed by atoms with van der Waals surface area (Å²) in [4.78, 5) is 22.5. The molecule has 0 unspecified atom stereocenters. The number of allylic oxidation sites excluding steroid dienone is 1. The zero-order valence-electron chi connectivity index (χ0n) is 20.6. The van der Waals surface area contributed by atoms with Gasteiger partial charge in [-0.3, -0.25) is 4.90 Å². The molecule has 186 valence electrons. The van der Waals surface area contributed by atoms with E-state index in [9.17, 15) is 4.79 Å². The molecule has 1 aromatic carbocycles. The van der Waals surface area contributed by atoms with Gasteiger partial charge in [0.05, 0.1) is 0 Å². The van der Waals surface area contributed by atoms with Crippen molar-refractivity contribution in [2.45, 2.75) is 95.2 Å². The Balaban J connectivity index is 1.41. The van der Waals surface area contributed by atoms with Crippen LogP contribution in [-0.2, 0) is 6.54 Å². The molecule has 1 aliphatic carbocycles. The second kappa shape index (κ2) is 12.5. The Bertz CT molecular complexity index is 838. The van der Waals surface area contributed by atoms with Crippen LogP contribution in [0.1, 0.15) is 82.6 Å². The Labute approximate surface area is 219 Å². The second-order valence-corrected chi connectivity index (χ2v) is 11.5. The zero-order valence-corrected chi connectivity index (χ0v) is 22.8. The van der Waals surface area contributed by atoms with Crippen molar-refractivity contribution in [1.29, 1.82) is 0 Å². The van der Waals surface area contributed by atoms with E-state index in [-0.39, 0.29) is 11.6 Å². The number of amidine groups is 1. The van der Waals surface area contributed by atoms with Crippen LogP contribution in [0.2, 0.25) is 0 Å². The van der Waals surface area contributed by atoms with Crippen molar-refractivity contribution >= 4 is 34.5 Å². The predicted molar refractivity (Wildman–Crippen MR) is 149 cm³/mol. The fourth-order valence-corrected chi connectivity index (χ4v) is 6.20. The van der Waals surface area contributed by atoms with Gasteiger partial charge >= 0.3 is 6.03 Å². The van der Waals surface area contributed by atoms with Crippen LogP contribution in [0.3, 0.4) is 0 Å². The number of carbonyl (C=O) groups excluding carboxylic acids is 1. The minimum absolute atomic E-state index is 0.0181. The molecule has 2 aliphatic heterocycles. The standard InChI is InChI=1S/C28H41IN4O/c1-2-3-4-5-6-10-19-33-27(34)31-26(30-25-11-8-7-9-12-25)28(33)17-20-32(21-18-28)22-23-13-15-24(29)16-14-23/h2,13-16,25H,1,3-12,17-22H2,(H,30,31,34). The number of aliphatic imine (C=N–C) groups is 1. The molecular formula is C28H41IN4O. The molecule has 3 aliphatic rings. The summed E-state index contributed by atoms with van der Waals surface area (Å²) in [6.45, 7) is 7.62. The fraction of sp³-hybridized carbons (Fsp3) is 0.643. The fourth-order valence-electron chi connectivity index (χ4n) is 5.84. The highest BCUT2D eigenvalue weighted by Crippen LogP contribution is 2.36. The molecule has 1 saturated carbocycles. The van der Waals surface area contributed by atoms with Gasteiger partial charge in [0, 0.05) is 35.8 Å². The quantitative estimate of drug-likeness (QED) is 0.196. The first-order valence-electron chi connectivity index (χ1n) is 13.4. The van der Waals surface area contributed by atoms with E-state index in [1.165, 1.54) is 54.1 Å². The Morgan fingerprint density at radius 1 is 1.06 bits per heavy atom. The SMILES string of the molecule is C=CCCCCCCN1C(=O)N=C(NC2CCCCC2)C12CCN(Cc1ccc(I)cc1)CC2. The van der Waals surface area contributed by atoms with Crippen LogP contribution in [-0.4, -0.2) is 52.9 Å². The number of hydrogen-bond donors (Lipinski definition) is 1. The number of nitrogens with zero attached hydrogens (tertiary/aromatic N) is 3. The number of unbranched alkanes of at least 4 members (excludes halogenated alkanes) is 4. The van der Waals surface area contributed by atoms with E-state index >= 15 is 0 Å². The van der Waals surface area contributed by atoms with Crippen molar-refractivity contribution in [1.82, 2.24) is 15.1 Å². The van der Waals surface area contributed by atoms with Crippen molar-refractivity contribution in [2.75, 3.05) is 19.6 Å². The predicted octanol–water partition coefficient (Wildman–Crippen LogP) is 6.52. The molecular weight excluding hydrogens is 535 g/mol. The molecule has 1 N–H and O–H groups in total. The Morgan fingerprint density at radius 2 is 1.76 bits per heavy atom. The van der Waals surface area contributed by atoms with Gasteiger partial charge in [0.25, 0.3) is 0 Å². The van der Waals surface area contributed by atoms with E-state index in [1.807, 2.05) is 6.08 Å². The number of amides is 2. The molecule has 2 fully saturated rings. The number of nitrogens with one attached hydrogen (secondary N) is 1. The summed E-state index contributed by atoms with van der Waals surface area (Å²) >= 11 is 2.36. The van der Waals surface area contributed by atoms with Gasteiger partial charge in [-0.15, -0.1) is 6.58 Å². The highest BCUT2D eigenvalue weighted by Gasteiger charge is 2.51. The van der Waals surface area contributed by atoms with Gasteiger partial charge in [0.2, 0.25) is 0 Å². The lowest BCUT2D eigenvalue weighted by Gasteiger charge is -2.46. The van der Waals surface area contributed by atoms with Crippen LogP contribution in [0, 0.1) is 3.57 Å². The van der Waals surface area contributed by atoms with Gasteiger partial charge in [-0.25, -0.2) is 4.79 Å². The van der Waals surface area contributed by atoms with Crippen molar-refractivity contribution in [3.05, 3.63) is 46.1 Å². The van der Waals surface area contributed by atoms with Gasteiger partial charge in [-0.05, 0) is 85.2 Å². The molecule has 0 radical (unpaired) electrons. The van der Waals surface area contributed by atoms with Gasteiger partial charge in [-0.1, -0.05) is 50.3 Å². The summed E-state index contributed by atoms with van der Waals surface area (Å²) in [5.41, 5.74) is 1.13. The Morgan fingerprint density at radius 3 is 2.47 bits per heavy atom. The third-order valence-electron chi connectivity index (χ3n) is 7.88. The molecule has 34 heavy (non-hydrogen) atoms. The lowest BCUT2D eigenvalue weighted by molar-refractivity contribution is 0.0942. The van der Waals surface area contributed by atoms with E-state index in [0.29, 0.717) is 6.04 Å². The number of hydrogen-bond acceptors (Lipinski definition) is 3. The molecule has 0 bridgehead atoms. The van der Waals surface area contributed by atoms with Gasteiger partial charge in [0.1, 0.15) is 11.4 Å². The highest BCUT2D eigenvalue weighted by atomic mass is 127. The van der Waals surface area contributed by atoms with E-state index < -0.39 is 0 Å². The van der Waals surface area contributed by atoms with Gasteiger partial charge < -0.3 is 10.2 Å². The third-order valence-corrected chi connectivity index (χ3v) is 8.60. The average molecular weight is 577 g/mol. The Kier molecular flexibility index (Phi) is 9.46. The third kappa shape index (κ3) is 6.42. The molecule has 6 heteroatoms. The molecule has 1 saturated heterocycles. The number of carbonyl (C=O) groups is 1. The first-order valence-corrected chi connectivity index (χ1v) is 14.4. The summed E-state index contributed by atoms with van der Waals surface area (Å²) in [6.07, 6.45) is 15.9. The minimum atomic E-state index is -0.238. The highest BCUT2D eigenvalue weighted by molar-refractivity contribution is 14.1. The van der Waals surface area contributed by atoms with Gasteiger partial charge in [0.15, 0.2) is 0 Å². The topological polar surface area (TPSA) is 47.9 Å². The summed E-state index contributed by atoms with van der Waals surface area (Å²) in [7, 11) is 0. The van der Waals surface area contributed by atoms with Crippen molar-refractivity contribution in [2.24, 2.45) is 4.99 Å². The largest absolute Gasteiger partial charge is 0.369 e. The summed E-state index contributed by atoms with van der Waals surface area (Å²) in [5, 5.41) is 3.78. The number of piperidine rings is 1. The van der Waals surface area contributed by atoms with Crippen molar-refractivity contribution in [3.8, 4) is 0 Å². The number of urea groups is 1. The smallest absolute Gasteiger partial charge is 0.346 e. The molecule has 2 amide bonds. The maximum atomic E-state index is 13.1. The van der Waals surface area contributed by atoms with Crippen molar-refractivity contribution in [3.63, 3.8) is 0 Å². The summed E-state index contributed by atoms with van der Waals surface area (Å²) in [6, 6.07) is 9.30. The minimum Gasteiger partial charge on any atom is -0.369 e. The van der Waals surface area contributed by atoms with Crippen molar-refractivity contribution < 1.29 is 4.79 Å². The lowest BCUT2D eigenvalue weighted by Crippen LogP contribution is -2.61. The number of rotatable bonds is 10. The number of benzene rings is 1. The maximum absolute atomic E-state index is 13.1. The van der Waals surface area contributed by atoms with Gasteiger partial charge in [-0.2, -0.15) is 4.99 Å².